The summed E-state index contributed by atoms with van der Waals surface area (Å²) >= 11 is 0. The lowest BCUT2D eigenvalue weighted by molar-refractivity contribution is -0.137. The van der Waals surface area contributed by atoms with E-state index in [1.54, 1.807) is 25.3 Å². The monoisotopic (exact) mass is 286 g/mol. The molecule has 1 unspecified atom stereocenters. The van der Waals surface area contributed by atoms with E-state index in [1.807, 2.05) is 31.2 Å². The van der Waals surface area contributed by atoms with Gasteiger partial charge in [0.2, 0.25) is 0 Å². The van der Waals surface area contributed by atoms with Gasteiger partial charge in [0.05, 0.1) is 14.2 Å². The Hall–Kier alpha value is -2.49. The zero-order valence-electron chi connectivity index (χ0n) is 12.3. The van der Waals surface area contributed by atoms with E-state index in [2.05, 4.69) is 0 Å². The molecular weight excluding hydrogens is 268 g/mol. The number of carbonyl (C=O) groups is 1. The lowest BCUT2D eigenvalue weighted by Gasteiger charge is -2.16. The molecule has 110 valence electrons. The van der Waals surface area contributed by atoms with Crippen molar-refractivity contribution in [2.75, 3.05) is 14.2 Å². The van der Waals surface area contributed by atoms with E-state index in [-0.39, 0.29) is 0 Å². The standard InChI is InChI=1S/C17H18O4/c1-11-4-6-12(7-5-11)16(17(18)19)13-8-9-14(20-2)15(10-13)21-3/h4-10,16H,1-3H3,(H,18,19). The Morgan fingerprint density at radius 2 is 1.52 bits per heavy atom. The third-order valence-electron chi connectivity index (χ3n) is 3.40. The molecule has 0 aromatic heterocycles. The van der Waals surface area contributed by atoms with Gasteiger partial charge >= 0.3 is 5.97 Å². The number of carboxylic acid groups (broad SMARTS) is 1. The number of methoxy groups -OCH3 is 2. The van der Waals surface area contributed by atoms with Gasteiger partial charge in [-0.15, -0.1) is 0 Å². The van der Waals surface area contributed by atoms with Crippen LogP contribution >= 0.6 is 0 Å². The second-order valence-corrected chi connectivity index (χ2v) is 4.80. The Labute approximate surface area is 123 Å². The van der Waals surface area contributed by atoms with Crippen molar-refractivity contribution in [3.63, 3.8) is 0 Å². The van der Waals surface area contributed by atoms with Crippen LogP contribution in [0.15, 0.2) is 42.5 Å². The molecule has 0 saturated heterocycles. The number of aryl methyl sites for hydroxylation is 1. The number of aliphatic carboxylic acids is 1. The van der Waals surface area contributed by atoms with Gasteiger partial charge < -0.3 is 14.6 Å². The van der Waals surface area contributed by atoms with Crippen LogP contribution in [0.5, 0.6) is 11.5 Å². The molecule has 4 nitrogen and oxygen atoms in total. The lowest BCUT2D eigenvalue weighted by atomic mass is 9.90. The largest absolute Gasteiger partial charge is 0.493 e. The van der Waals surface area contributed by atoms with E-state index >= 15 is 0 Å². The summed E-state index contributed by atoms with van der Waals surface area (Å²) in [5.74, 6) is -0.529. The molecule has 0 radical (unpaired) electrons. The molecule has 0 spiro atoms. The first-order valence-corrected chi connectivity index (χ1v) is 6.58. The Morgan fingerprint density at radius 1 is 0.952 bits per heavy atom. The number of carboxylic acids is 1. The van der Waals surface area contributed by atoms with Crippen LogP contribution in [0.4, 0.5) is 0 Å². The summed E-state index contributed by atoms with van der Waals surface area (Å²) in [6, 6.07) is 12.7. The molecule has 2 aromatic rings. The summed E-state index contributed by atoms with van der Waals surface area (Å²) in [7, 11) is 3.08. The summed E-state index contributed by atoms with van der Waals surface area (Å²) in [6.45, 7) is 1.97. The first kappa shape index (κ1) is 14.9. The first-order valence-electron chi connectivity index (χ1n) is 6.58. The molecule has 2 aromatic carbocycles. The van der Waals surface area contributed by atoms with Crippen molar-refractivity contribution < 1.29 is 19.4 Å². The molecule has 21 heavy (non-hydrogen) atoms. The minimum Gasteiger partial charge on any atom is -0.493 e. The van der Waals surface area contributed by atoms with Crippen molar-refractivity contribution in [1.82, 2.24) is 0 Å². The molecule has 2 rings (SSSR count). The molecule has 0 saturated carbocycles. The zero-order chi connectivity index (χ0) is 15.4. The number of ether oxygens (including phenoxy) is 2. The highest BCUT2D eigenvalue weighted by Crippen LogP contribution is 2.33. The van der Waals surface area contributed by atoms with E-state index in [4.69, 9.17) is 9.47 Å². The van der Waals surface area contributed by atoms with Gasteiger partial charge in [-0.3, -0.25) is 4.79 Å². The van der Waals surface area contributed by atoms with Gasteiger partial charge in [-0.25, -0.2) is 0 Å². The quantitative estimate of drug-likeness (QED) is 0.917. The second-order valence-electron chi connectivity index (χ2n) is 4.80. The molecule has 0 heterocycles. The van der Waals surface area contributed by atoms with Crippen molar-refractivity contribution in [3.05, 3.63) is 59.2 Å². The average Bonchev–Trinajstić information content (AvgIpc) is 2.49. The third-order valence-corrected chi connectivity index (χ3v) is 3.40. The van der Waals surface area contributed by atoms with E-state index in [0.717, 1.165) is 11.1 Å². The highest BCUT2D eigenvalue weighted by Gasteiger charge is 2.23. The van der Waals surface area contributed by atoms with Crippen molar-refractivity contribution in [2.24, 2.45) is 0 Å². The lowest BCUT2D eigenvalue weighted by Crippen LogP contribution is -2.13. The van der Waals surface area contributed by atoms with E-state index in [9.17, 15) is 9.90 Å². The molecule has 0 bridgehead atoms. The highest BCUT2D eigenvalue weighted by atomic mass is 16.5. The van der Waals surface area contributed by atoms with Gasteiger partial charge in [0.1, 0.15) is 5.92 Å². The van der Waals surface area contributed by atoms with Gasteiger partial charge in [-0.05, 0) is 30.2 Å². The Morgan fingerprint density at radius 3 is 2.05 bits per heavy atom. The molecular formula is C17H18O4. The van der Waals surface area contributed by atoms with Crippen molar-refractivity contribution in [3.8, 4) is 11.5 Å². The summed E-state index contributed by atoms with van der Waals surface area (Å²) in [4.78, 5) is 11.7. The molecule has 4 heteroatoms. The molecule has 0 aliphatic carbocycles. The van der Waals surface area contributed by atoms with E-state index < -0.39 is 11.9 Å². The zero-order valence-corrected chi connectivity index (χ0v) is 12.3. The summed E-state index contributed by atoms with van der Waals surface area (Å²) < 4.78 is 10.4. The Bertz CT molecular complexity index is 632. The number of rotatable bonds is 5. The van der Waals surface area contributed by atoms with Crippen LogP contribution in [0.1, 0.15) is 22.6 Å². The SMILES string of the molecule is COc1ccc(C(C(=O)O)c2ccc(C)cc2)cc1OC. The van der Waals surface area contributed by atoms with Crippen LogP contribution in [-0.2, 0) is 4.79 Å². The minimum atomic E-state index is -0.897. The van der Waals surface area contributed by atoms with Crippen molar-refractivity contribution >= 4 is 5.97 Å². The van der Waals surface area contributed by atoms with E-state index in [1.165, 1.54) is 7.11 Å². The summed E-state index contributed by atoms with van der Waals surface area (Å²) in [5, 5.41) is 9.57. The smallest absolute Gasteiger partial charge is 0.315 e. The summed E-state index contributed by atoms with van der Waals surface area (Å²) in [5.41, 5.74) is 2.49. The van der Waals surface area contributed by atoms with E-state index in [0.29, 0.717) is 17.1 Å². The van der Waals surface area contributed by atoms with Crippen molar-refractivity contribution in [2.45, 2.75) is 12.8 Å². The maximum absolute atomic E-state index is 11.7. The van der Waals surface area contributed by atoms with Crippen molar-refractivity contribution in [1.29, 1.82) is 0 Å². The average molecular weight is 286 g/mol. The van der Waals surface area contributed by atoms with Crippen LogP contribution in [-0.4, -0.2) is 25.3 Å². The maximum atomic E-state index is 11.7. The number of hydrogen-bond donors (Lipinski definition) is 1. The molecule has 1 atom stereocenters. The molecule has 0 amide bonds. The molecule has 0 fully saturated rings. The minimum absolute atomic E-state index is 0.522. The fourth-order valence-electron chi connectivity index (χ4n) is 2.27. The Balaban J connectivity index is 2.48. The van der Waals surface area contributed by atoms with Gasteiger partial charge in [0.25, 0.3) is 0 Å². The van der Waals surface area contributed by atoms with Crippen LogP contribution < -0.4 is 9.47 Å². The molecule has 0 aliphatic heterocycles. The predicted molar refractivity (Wildman–Crippen MR) is 80.2 cm³/mol. The van der Waals surface area contributed by atoms with Gasteiger partial charge in [-0.2, -0.15) is 0 Å². The first-order chi connectivity index (χ1) is 10.1. The second kappa shape index (κ2) is 6.31. The van der Waals surface area contributed by atoms with Gasteiger partial charge in [-0.1, -0.05) is 35.9 Å². The summed E-state index contributed by atoms with van der Waals surface area (Å²) in [6.07, 6.45) is 0. The van der Waals surface area contributed by atoms with Crippen LogP contribution in [0.2, 0.25) is 0 Å². The highest BCUT2D eigenvalue weighted by molar-refractivity contribution is 5.80. The predicted octanol–water partition coefficient (Wildman–Crippen LogP) is 3.23. The fourth-order valence-corrected chi connectivity index (χ4v) is 2.27. The fraction of sp³-hybridized carbons (Fsp3) is 0.235. The number of hydrogen-bond acceptors (Lipinski definition) is 3. The van der Waals surface area contributed by atoms with Gasteiger partial charge in [0, 0.05) is 0 Å². The van der Waals surface area contributed by atoms with Crippen LogP contribution in [0, 0.1) is 6.92 Å². The Kier molecular flexibility index (Phi) is 4.48. The molecule has 0 aliphatic rings. The third kappa shape index (κ3) is 3.16. The van der Waals surface area contributed by atoms with Crippen LogP contribution in [0.25, 0.3) is 0 Å². The van der Waals surface area contributed by atoms with Gasteiger partial charge in [0.15, 0.2) is 11.5 Å². The number of benzene rings is 2. The topological polar surface area (TPSA) is 55.8 Å². The maximum Gasteiger partial charge on any atom is 0.315 e. The van der Waals surface area contributed by atoms with Crippen LogP contribution in [0.3, 0.4) is 0 Å². The molecule has 1 N–H and O–H groups in total. The normalized spacial score (nSPS) is 11.8.